The summed E-state index contributed by atoms with van der Waals surface area (Å²) in [7, 11) is 0. The normalized spacial score (nSPS) is 18.0. The second-order valence-corrected chi connectivity index (χ2v) is 5.28. The molecule has 0 bridgehead atoms. The molecule has 1 aliphatic heterocycles. The van der Waals surface area contributed by atoms with Gasteiger partial charge in [0.05, 0.1) is 23.0 Å². The molecule has 0 aliphatic carbocycles. The number of nitrogens with one attached hydrogen (secondary N) is 1. The summed E-state index contributed by atoms with van der Waals surface area (Å²) in [6, 6.07) is 4.06. The molecule has 1 saturated heterocycles. The van der Waals surface area contributed by atoms with Gasteiger partial charge in [0.15, 0.2) is 0 Å². The fraction of sp³-hybridized carbons (Fsp3) is 0.462. The summed E-state index contributed by atoms with van der Waals surface area (Å²) in [6.07, 6.45) is 0.0737. The third kappa shape index (κ3) is 3.11. The zero-order chi connectivity index (χ0) is 13.8. The lowest BCUT2D eigenvalue weighted by molar-refractivity contribution is 0.169. The van der Waals surface area contributed by atoms with Crippen LogP contribution in [0.5, 0.6) is 0 Å². The van der Waals surface area contributed by atoms with Crippen molar-refractivity contribution < 1.29 is 8.78 Å². The maximum Gasteiger partial charge on any atom is 0.145 e. The van der Waals surface area contributed by atoms with Crippen LogP contribution >= 0.6 is 15.9 Å². The number of nitriles is 1. The second kappa shape index (κ2) is 6.42. The van der Waals surface area contributed by atoms with Crippen LogP contribution in [-0.4, -0.2) is 31.1 Å². The predicted molar refractivity (Wildman–Crippen MR) is 71.5 cm³/mol. The highest BCUT2D eigenvalue weighted by atomic mass is 79.9. The van der Waals surface area contributed by atoms with Crippen LogP contribution in [0.15, 0.2) is 16.6 Å². The molecule has 1 aromatic rings. The van der Waals surface area contributed by atoms with Crippen LogP contribution in [0.2, 0.25) is 0 Å². The first kappa shape index (κ1) is 14.4. The molecule has 1 aliphatic rings. The quantitative estimate of drug-likeness (QED) is 0.866. The molecule has 0 radical (unpaired) electrons. The summed E-state index contributed by atoms with van der Waals surface area (Å²) in [5.74, 6) is -1.21. The lowest BCUT2D eigenvalue weighted by Gasteiger charge is -2.34. The number of benzene rings is 1. The molecule has 0 spiro atoms. The minimum absolute atomic E-state index is 0.0159. The Kier molecular flexibility index (Phi) is 4.86. The van der Waals surface area contributed by atoms with Crippen LogP contribution in [0, 0.1) is 23.0 Å². The van der Waals surface area contributed by atoms with Gasteiger partial charge in [0, 0.05) is 31.7 Å². The van der Waals surface area contributed by atoms with E-state index in [1.54, 1.807) is 0 Å². The summed E-state index contributed by atoms with van der Waals surface area (Å²) in [4.78, 5) is 1.95. The highest BCUT2D eigenvalue weighted by Gasteiger charge is 2.28. The molecule has 0 unspecified atom stereocenters. The summed E-state index contributed by atoms with van der Waals surface area (Å²) >= 11 is 3.07. The number of hydrogen-bond acceptors (Lipinski definition) is 3. The van der Waals surface area contributed by atoms with Gasteiger partial charge in [-0.3, -0.25) is 4.90 Å². The number of rotatable bonds is 3. The van der Waals surface area contributed by atoms with Crippen LogP contribution in [0.4, 0.5) is 8.78 Å². The molecule has 1 aromatic carbocycles. The monoisotopic (exact) mass is 329 g/mol. The van der Waals surface area contributed by atoms with E-state index >= 15 is 0 Å². The number of halogens is 3. The lowest BCUT2D eigenvalue weighted by atomic mass is 10.0. The Morgan fingerprint density at radius 3 is 2.68 bits per heavy atom. The first-order valence-corrected chi connectivity index (χ1v) is 6.89. The van der Waals surface area contributed by atoms with E-state index < -0.39 is 17.7 Å². The third-order valence-corrected chi connectivity index (χ3v) is 3.90. The van der Waals surface area contributed by atoms with Gasteiger partial charge in [0.1, 0.15) is 11.6 Å². The predicted octanol–water partition coefficient (Wildman–Crippen LogP) is 2.59. The van der Waals surface area contributed by atoms with Gasteiger partial charge < -0.3 is 5.32 Å². The van der Waals surface area contributed by atoms with E-state index in [9.17, 15) is 8.78 Å². The number of nitrogens with zero attached hydrogens (tertiary/aromatic N) is 2. The summed E-state index contributed by atoms with van der Waals surface area (Å²) in [5, 5.41) is 12.1. The fourth-order valence-corrected chi connectivity index (χ4v) is 2.69. The first-order chi connectivity index (χ1) is 9.15. The lowest BCUT2D eigenvalue weighted by Crippen LogP contribution is -2.45. The maximum atomic E-state index is 14.2. The summed E-state index contributed by atoms with van der Waals surface area (Å²) in [5.41, 5.74) is -0.0159. The SMILES string of the molecule is N#CC[C@@H](c1c(F)ccc(Br)c1F)N1CCNCC1. The molecular weight excluding hydrogens is 316 g/mol. The molecule has 0 saturated carbocycles. The minimum atomic E-state index is -0.612. The molecule has 1 atom stereocenters. The highest BCUT2D eigenvalue weighted by molar-refractivity contribution is 9.10. The van der Waals surface area contributed by atoms with E-state index in [1.807, 2.05) is 11.0 Å². The molecule has 102 valence electrons. The number of piperazine rings is 1. The first-order valence-electron chi connectivity index (χ1n) is 6.10. The largest absolute Gasteiger partial charge is 0.314 e. The van der Waals surface area contributed by atoms with Gasteiger partial charge in [-0.15, -0.1) is 0 Å². The summed E-state index contributed by atoms with van der Waals surface area (Å²) in [6.45, 7) is 2.88. The van der Waals surface area contributed by atoms with Crippen molar-refractivity contribution >= 4 is 15.9 Å². The fourth-order valence-electron chi connectivity index (χ4n) is 2.34. The van der Waals surface area contributed by atoms with Crippen molar-refractivity contribution in [3.05, 3.63) is 33.8 Å². The van der Waals surface area contributed by atoms with E-state index in [0.717, 1.165) is 13.1 Å². The Balaban J connectivity index is 2.38. The molecule has 2 rings (SSSR count). The molecular formula is C13H14BrF2N3. The average molecular weight is 330 g/mol. The zero-order valence-electron chi connectivity index (χ0n) is 10.3. The standard InChI is InChI=1S/C13H14BrF2N3/c14-9-1-2-10(15)12(13(9)16)11(3-4-17)19-7-5-18-6-8-19/h1-2,11,18H,3,5-8H2/t11-/m0/s1. The van der Waals surface area contributed by atoms with E-state index in [0.29, 0.717) is 13.1 Å². The smallest absolute Gasteiger partial charge is 0.145 e. The van der Waals surface area contributed by atoms with Crippen molar-refractivity contribution in [1.82, 2.24) is 10.2 Å². The van der Waals surface area contributed by atoms with Crippen molar-refractivity contribution in [2.45, 2.75) is 12.5 Å². The van der Waals surface area contributed by atoms with Gasteiger partial charge in [-0.1, -0.05) is 0 Å². The van der Waals surface area contributed by atoms with Crippen LogP contribution in [0.3, 0.4) is 0 Å². The van der Waals surface area contributed by atoms with E-state index in [4.69, 9.17) is 5.26 Å². The third-order valence-electron chi connectivity index (χ3n) is 3.29. The molecule has 19 heavy (non-hydrogen) atoms. The molecule has 6 heteroatoms. The molecule has 3 nitrogen and oxygen atoms in total. The Hall–Kier alpha value is -1.03. The minimum Gasteiger partial charge on any atom is -0.314 e. The van der Waals surface area contributed by atoms with Gasteiger partial charge in [-0.05, 0) is 28.1 Å². The second-order valence-electron chi connectivity index (χ2n) is 4.42. The van der Waals surface area contributed by atoms with Crippen molar-refractivity contribution in [2.24, 2.45) is 0 Å². The zero-order valence-corrected chi connectivity index (χ0v) is 11.9. The Bertz CT molecular complexity index is 495. The van der Waals surface area contributed by atoms with Gasteiger partial charge in [0.25, 0.3) is 0 Å². The summed E-state index contributed by atoms with van der Waals surface area (Å²) < 4.78 is 28.3. The molecule has 1 fully saturated rings. The number of hydrogen-bond donors (Lipinski definition) is 1. The van der Waals surface area contributed by atoms with Gasteiger partial charge in [-0.2, -0.15) is 5.26 Å². The van der Waals surface area contributed by atoms with Crippen LogP contribution in [0.25, 0.3) is 0 Å². The Labute approximate surface area is 119 Å². The van der Waals surface area contributed by atoms with Crippen molar-refractivity contribution in [1.29, 1.82) is 5.26 Å². The Morgan fingerprint density at radius 1 is 1.37 bits per heavy atom. The van der Waals surface area contributed by atoms with Gasteiger partial charge in [-0.25, -0.2) is 8.78 Å². The van der Waals surface area contributed by atoms with Crippen molar-refractivity contribution in [2.75, 3.05) is 26.2 Å². The van der Waals surface area contributed by atoms with E-state index in [-0.39, 0.29) is 16.5 Å². The average Bonchev–Trinajstić information content (AvgIpc) is 2.43. The molecule has 1 N–H and O–H groups in total. The van der Waals surface area contributed by atoms with Crippen molar-refractivity contribution in [3.8, 4) is 6.07 Å². The van der Waals surface area contributed by atoms with E-state index in [1.165, 1.54) is 12.1 Å². The molecule has 0 amide bonds. The van der Waals surface area contributed by atoms with Gasteiger partial charge in [0.2, 0.25) is 0 Å². The topological polar surface area (TPSA) is 39.1 Å². The maximum absolute atomic E-state index is 14.2. The Morgan fingerprint density at radius 2 is 2.05 bits per heavy atom. The molecule has 1 heterocycles. The highest BCUT2D eigenvalue weighted by Crippen LogP contribution is 2.32. The van der Waals surface area contributed by atoms with Crippen LogP contribution < -0.4 is 5.32 Å². The van der Waals surface area contributed by atoms with Crippen molar-refractivity contribution in [3.63, 3.8) is 0 Å². The van der Waals surface area contributed by atoms with E-state index in [2.05, 4.69) is 21.2 Å². The van der Waals surface area contributed by atoms with Crippen LogP contribution in [-0.2, 0) is 0 Å². The van der Waals surface area contributed by atoms with Crippen LogP contribution in [0.1, 0.15) is 18.0 Å². The molecule has 0 aromatic heterocycles. The van der Waals surface area contributed by atoms with Gasteiger partial charge >= 0.3 is 0 Å².